The molecule has 0 aromatic carbocycles. The lowest BCUT2D eigenvalue weighted by atomic mass is 9.39. The predicted octanol–water partition coefficient (Wildman–Crippen LogP) is 6.44. The van der Waals surface area contributed by atoms with Crippen LogP contribution < -0.4 is 0 Å². The molecule has 0 spiro atoms. The average Bonchev–Trinajstić information content (AvgIpc) is 2.87. The molecule has 0 amide bonds. The Balaban J connectivity index is 1.66. The van der Waals surface area contributed by atoms with E-state index in [2.05, 4.69) is 41.5 Å². The van der Waals surface area contributed by atoms with Gasteiger partial charge in [0.05, 0.1) is 5.60 Å². The van der Waals surface area contributed by atoms with Crippen LogP contribution in [0.2, 0.25) is 0 Å². The van der Waals surface area contributed by atoms with Gasteiger partial charge in [-0.1, -0.05) is 34.6 Å². The Morgan fingerprint density at radius 3 is 2.04 bits per heavy atom. The van der Waals surface area contributed by atoms with Crippen molar-refractivity contribution in [3.8, 4) is 0 Å². The van der Waals surface area contributed by atoms with Gasteiger partial charge in [0.25, 0.3) is 0 Å². The SMILES string of the molecule is CC(C)[C@H]1CC[C@@H]2[C@]1(C)CCC1[C@@]3(C)CCC(C)(O)C[C@@H]3CC[C@]12C. The zero-order valence-corrected chi connectivity index (χ0v) is 17.7. The zero-order valence-electron chi connectivity index (χ0n) is 17.7. The number of fused-ring (bicyclic) bond motifs is 5. The molecule has 0 aromatic heterocycles. The molecule has 0 radical (unpaired) electrons. The van der Waals surface area contributed by atoms with Crippen LogP contribution in [0.4, 0.5) is 0 Å². The quantitative estimate of drug-likeness (QED) is 0.579. The molecule has 0 bridgehead atoms. The summed E-state index contributed by atoms with van der Waals surface area (Å²) in [6.07, 6.45) is 11.9. The lowest BCUT2D eigenvalue weighted by Gasteiger charge is -2.66. The maximum atomic E-state index is 10.7. The Bertz CT molecular complexity index is 536. The van der Waals surface area contributed by atoms with E-state index in [-0.39, 0.29) is 0 Å². The standard InChI is InChI=1S/C24H42O/c1-16(2)18-7-8-19-23(18,5)12-10-20-22(4)14-13-21(3,25)15-17(22)9-11-24(19,20)6/h16-20,25H,7-15H2,1-6H3/t17-,18+,19+,20?,21?,22-,23+,24-/m0/s1. The molecule has 2 unspecified atom stereocenters. The van der Waals surface area contributed by atoms with Gasteiger partial charge in [0.2, 0.25) is 0 Å². The lowest BCUT2D eigenvalue weighted by molar-refractivity contribution is -0.187. The first kappa shape index (κ1) is 18.3. The van der Waals surface area contributed by atoms with Crippen LogP contribution in [0.15, 0.2) is 0 Å². The molecule has 0 aliphatic heterocycles. The molecule has 8 atom stereocenters. The van der Waals surface area contributed by atoms with Gasteiger partial charge in [0.1, 0.15) is 0 Å². The largest absolute Gasteiger partial charge is 0.390 e. The summed E-state index contributed by atoms with van der Waals surface area (Å²) in [5, 5.41) is 10.7. The van der Waals surface area contributed by atoms with Crippen LogP contribution in [0.5, 0.6) is 0 Å². The first-order chi connectivity index (χ1) is 11.5. The molecule has 25 heavy (non-hydrogen) atoms. The van der Waals surface area contributed by atoms with E-state index in [1.54, 1.807) is 0 Å². The number of aliphatic hydroxyl groups is 1. The maximum absolute atomic E-state index is 10.7. The van der Waals surface area contributed by atoms with Crippen LogP contribution in [0.25, 0.3) is 0 Å². The molecule has 4 fully saturated rings. The van der Waals surface area contributed by atoms with Crippen molar-refractivity contribution in [3.05, 3.63) is 0 Å². The zero-order chi connectivity index (χ0) is 18.3. The Morgan fingerprint density at radius 2 is 1.36 bits per heavy atom. The summed E-state index contributed by atoms with van der Waals surface area (Å²) in [6.45, 7) is 15.0. The van der Waals surface area contributed by atoms with Crippen molar-refractivity contribution < 1.29 is 5.11 Å². The minimum atomic E-state index is -0.406. The molecular weight excluding hydrogens is 304 g/mol. The first-order valence-electron chi connectivity index (χ1n) is 11.3. The van der Waals surface area contributed by atoms with Crippen molar-refractivity contribution in [3.63, 3.8) is 0 Å². The topological polar surface area (TPSA) is 20.2 Å². The Labute approximate surface area is 156 Å². The third-order valence-electron chi connectivity index (χ3n) is 10.4. The monoisotopic (exact) mass is 346 g/mol. The Kier molecular flexibility index (Phi) is 4.03. The highest BCUT2D eigenvalue weighted by molar-refractivity contribution is 5.14. The molecule has 4 aliphatic rings. The van der Waals surface area contributed by atoms with Gasteiger partial charge in [-0.3, -0.25) is 0 Å². The van der Waals surface area contributed by atoms with E-state index in [0.29, 0.717) is 16.2 Å². The smallest absolute Gasteiger partial charge is 0.0622 e. The highest BCUT2D eigenvalue weighted by atomic mass is 16.3. The normalized spacial score (nSPS) is 58.6. The Morgan fingerprint density at radius 1 is 0.720 bits per heavy atom. The summed E-state index contributed by atoms with van der Waals surface area (Å²) in [5.41, 5.74) is 1.21. The highest BCUT2D eigenvalue weighted by Gasteiger charge is 2.65. The number of hydrogen-bond acceptors (Lipinski definition) is 1. The van der Waals surface area contributed by atoms with E-state index in [1.165, 1.54) is 44.9 Å². The van der Waals surface area contributed by atoms with Crippen LogP contribution in [0.3, 0.4) is 0 Å². The third-order valence-corrected chi connectivity index (χ3v) is 10.4. The second-order valence-electron chi connectivity index (χ2n) is 12.0. The number of hydrogen-bond donors (Lipinski definition) is 1. The van der Waals surface area contributed by atoms with Gasteiger partial charge >= 0.3 is 0 Å². The van der Waals surface area contributed by atoms with E-state index < -0.39 is 5.60 Å². The summed E-state index contributed by atoms with van der Waals surface area (Å²) in [4.78, 5) is 0. The molecule has 1 heteroatoms. The van der Waals surface area contributed by atoms with Crippen molar-refractivity contribution in [1.82, 2.24) is 0 Å². The van der Waals surface area contributed by atoms with Gasteiger partial charge in [-0.05, 0) is 111 Å². The van der Waals surface area contributed by atoms with Gasteiger partial charge < -0.3 is 5.11 Å². The molecule has 1 N–H and O–H groups in total. The summed E-state index contributed by atoms with van der Waals surface area (Å²) < 4.78 is 0. The lowest BCUT2D eigenvalue weighted by Crippen LogP contribution is -2.60. The Hall–Kier alpha value is -0.0400. The van der Waals surface area contributed by atoms with Crippen molar-refractivity contribution >= 4 is 0 Å². The fourth-order valence-corrected chi connectivity index (χ4v) is 9.25. The average molecular weight is 347 g/mol. The summed E-state index contributed by atoms with van der Waals surface area (Å²) in [6, 6.07) is 0. The van der Waals surface area contributed by atoms with Gasteiger partial charge in [-0.15, -0.1) is 0 Å². The van der Waals surface area contributed by atoms with Gasteiger partial charge in [0, 0.05) is 0 Å². The third kappa shape index (κ3) is 2.43. The van der Waals surface area contributed by atoms with E-state index >= 15 is 0 Å². The second-order valence-corrected chi connectivity index (χ2v) is 12.0. The van der Waals surface area contributed by atoms with Crippen molar-refractivity contribution in [1.29, 1.82) is 0 Å². The van der Waals surface area contributed by atoms with E-state index in [9.17, 15) is 5.11 Å². The molecule has 0 saturated heterocycles. The summed E-state index contributed by atoms with van der Waals surface area (Å²) >= 11 is 0. The molecule has 144 valence electrons. The van der Waals surface area contributed by atoms with Crippen LogP contribution in [-0.4, -0.2) is 10.7 Å². The molecular formula is C24H42O. The fourth-order valence-electron chi connectivity index (χ4n) is 9.25. The predicted molar refractivity (Wildman–Crippen MR) is 105 cm³/mol. The molecule has 4 aliphatic carbocycles. The van der Waals surface area contributed by atoms with E-state index in [1.807, 2.05) is 0 Å². The van der Waals surface area contributed by atoms with E-state index in [4.69, 9.17) is 0 Å². The van der Waals surface area contributed by atoms with Crippen LogP contribution in [0, 0.1) is 45.8 Å². The molecule has 4 saturated carbocycles. The second kappa shape index (κ2) is 5.49. The first-order valence-corrected chi connectivity index (χ1v) is 11.3. The van der Waals surface area contributed by atoms with Gasteiger partial charge in [-0.2, -0.15) is 0 Å². The fraction of sp³-hybridized carbons (Fsp3) is 1.00. The van der Waals surface area contributed by atoms with Crippen molar-refractivity contribution in [2.24, 2.45) is 45.8 Å². The summed E-state index contributed by atoms with van der Waals surface area (Å²) in [7, 11) is 0. The molecule has 1 nitrogen and oxygen atoms in total. The van der Waals surface area contributed by atoms with E-state index in [0.717, 1.165) is 42.4 Å². The van der Waals surface area contributed by atoms with Crippen LogP contribution >= 0.6 is 0 Å². The highest BCUT2D eigenvalue weighted by Crippen LogP contribution is 2.73. The summed E-state index contributed by atoms with van der Waals surface area (Å²) in [5.74, 6) is 4.35. The maximum Gasteiger partial charge on any atom is 0.0622 e. The van der Waals surface area contributed by atoms with Crippen molar-refractivity contribution in [2.45, 2.75) is 105 Å². The van der Waals surface area contributed by atoms with Crippen LogP contribution in [-0.2, 0) is 0 Å². The minimum absolute atomic E-state index is 0.406. The van der Waals surface area contributed by atoms with Gasteiger partial charge in [0.15, 0.2) is 0 Å². The van der Waals surface area contributed by atoms with Gasteiger partial charge in [-0.25, -0.2) is 0 Å². The molecule has 0 aromatic rings. The molecule has 4 rings (SSSR count). The van der Waals surface area contributed by atoms with Crippen LogP contribution in [0.1, 0.15) is 99.3 Å². The number of rotatable bonds is 1. The van der Waals surface area contributed by atoms with Crippen molar-refractivity contribution in [2.75, 3.05) is 0 Å². The minimum Gasteiger partial charge on any atom is -0.390 e. The molecule has 0 heterocycles.